The molecule has 3 aromatic heterocycles. The van der Waals surface area contributed by atoms with E-state index in [1.807, 2.05) is 0 Å². The van der Waals surface area contributed by atoms with Crippen LogP contribution in [0.4, 0.5) is 0 Å². The third-order valence-electron chi connectivity index (χ3n) is 10.8. The summed E-state index contributed by atoms with van der Waals surface area (Å²) < 4.78 is 11.5. The van der Waals surface area contributed by atoms with Crippen LogP contribution in [0.2, 0.25) is 0 Å². The summed E-state index contributed by atoms with van der Waals surface area (Å²) in [6, 6.07) is 59.3. The normalized spacial score (nSPS) is 13.1. The van der Waals surface area contributed by atoms with Crippen LogP contribution in [0.15, 0.2) is 168 Å². The number of furan rings is 1. The van der Waals surface area contributed by atoms with E-state index in [2.05, 4.69) is 179 Å². The summed E-state index contributed by atoms with van der Waals surface area (Å²) in [6.45, 7) is 0. The zero-order chi connectivity index (χ0) is 33.5. The van der Waals surface area contributed by atoms with Crippen molar-refractivity contribution in [3.8, 4) is 22.5 Å². The highest BCUT2D eigenvalue weighted by atomic mass is 16.3. The van der Waals surface area contributed by atoms with Crippen LogP contribution in [0.25, 0.3) is 88.7 Å². The predicted molar refractivity (Wildman–Crippen MR) is 213 cm³/mol. The number of benzene rings is 7. The first-order chi connectivity index (χ1) is 25.3. The fourth-order valence-corrected chi connectivity index (χ4v) is 8.54. The Morgan fingerprint density at radius 3 is 1.45 bits per heavy atom. The molecule has 3 nitrogen and oxygen atoms in total. The molecule has 240 valence electrons. The summed E-state index contributed by atoms with van der Waals surface area (Å²) in [4.78, 5) is 0. The van der Waals surface area contributed by atoms with Gasteiger partial charge in [0.15, 0.2) is 0 Å². The van der Waals surface area contributed by atoms with Gasteiger partial charge in [-0.2, -0.15) is 0 Å². The van der Waals surface area contributed by atoms with E-state index < -0.39 is 0 Å². The molecule has 0 aliphatic heterocycles. The molecule has 11 rings (SSSR count). The number of allylic oxidation sites excluding steroid dienone is 1. The number of nitrogens with zero attached hydrogens (tertiary/aromatic N) is 2. The summed E-state index contributed by atoms with van der Waals surface area (Å²) >= 11 is 0. The van der Waals surface area contributed by atoms with Crippen molar-refractivity contribution in [2.45, 2.75) is 12.8 Å². The Hall–Kier alpha value is -6.58. The maximum atomic E-state index is 6.75. The predicted octanol–water partition coefficient (Wildman–Crippen LogP) is 12.8. The molecule has 3 heteroatoms. The maximum Gasteiger partial charge on any atom is 0.142 e. The number of hydrogen-bond acceptors (Lipinski definition) is 1. The number of aromatic nitrogens is 2. The molecule has 3 heterocycles. The van der Waals surface area contributed by atoms with Crippen molar-refractivity contribution < 1.29 is 4.42 Å². The third kappa shape index (κ3) is 4.25. The number of hydrogen-bond donors (Lipinski definition) is 0. The Labute approximate surface area is 294 Å². The quantitative estimate of drug-likeness (QED) is 0.186. The van der Waals surface area contributed by atoms with E-state index in [9.17, 15) is 0 Å². The fraction of sp³-hybridized carbons (Fsp3) is 0.0417. The van der Waals surface area contributed by atoms with Crippen molar-refractivity contribution in [1.29, 1.82) is 0 Å². The summed E-state index contributed by atoms with van der Waals surface area (Å²) in [5.41, 5.74) is 14.2. The average molecular weight is 653 g/mol. The van der Waals surface area contributed by atoms with Crippen LogP contribution in [-0.2, 0) is 6.42 Å². The number of aryl methyl sites for hydroxylation is 1. The molecule has 51 heavy (non-hydrogen) atoms. The topological polar surface area (TPSA) is 23.0 Å². The number of para-hydroxylation sites is 5. The number of fused-ring (bicyclic) bond motifs is 9. The molecular formula is C48H32N2O. The van der Waals surface area contributed by atoms with E-state index in [0.717, 1.165) is 41.0 Å². The Kier molecular flexibility index (Phi) is 6.08. The standard InChI is InChI=1S/C48H32N2O/c1-5-22-43-37(16-1)38-17-2-6-23-44(38)49(43)34-14-9-12-31(28-34)32-26-27-47-42(30-32)41-21-11-20-36(48(41)51-47)33-13-10-15-35(29-33)50-45-24-7-3-18-39(45)40-19-4-8-25-46(40)50/h1-25,28-30H,26-27H2. The molecule has 0 saturated heterocycles. The smallest absolute Gasteiger partial charge is 0.142 e. The van der Waals surface area contributed by atoms with E-state index in [4.69, 9.17) is 4.42 Å². The Morgan fingerprint density at radius 1 is 0.412 bits per heavy atom. The molecule has 1 aliphatic carbocycles. The van der Waals surface area contributed by atoms with Gasteiger partial charge in [-0.1, -0.05) is 115 Å². The second kappa shape index (κ2) is 11.0. The van der Waals surface area contributed by atoms with Gasteiger partial charge >= 0.3 is 0 Å². The number of rotatable bonds is 4. The van der Waals surface area contributed by atoms with E-state index >= 15 is 0 Å². The van der Waals surface area contributed by atoms with Gasteiger partial charge in [0, 0.05) is 55.9 Å². The molecule has 0 saturated carbocycles. The van der Waals surface area contributed by atoms with Gasteiger partial charge in [-0.25, -0.2) is 0 Å². The van der Waals surface area contributed by atoms with Crippen molar-refractivity contribution in [2.75, 3.05) is 0 Å². The highest BCUT2D eigenvalue weighted by Crippen LogP contribution is 2.42. The monoisotopic (exact) mass is 652 g/mol. The van der Waals surface area contributed by atoms with Gasteiger partial charge in [0.2, 0.25) is 0 Å². The molecule has 0 radical (unpaired) electrons. The maximum absolute atomic E-state index is 6.75. The molecule has 1 aliphatic rings. The fourth-order valence-electron chi connectivity index (χ4n) is 8.54. The third-order valence-corrected chi connectivity index (χ3v) is 10.8. The minimum Gasteiger partial charge on any atom is -0.460 e. The van der Waals surface area contributed by atoms with Crippen molar-refractivity contribution in [3.63, 3.8) is 0 Å². The van der Waals surface area contributed by atoms with Crippen molar-refractivity contribution in [1.82, 2.24) is 9.13 Å². The van der Waals surface area contributed by atoms with Crippen LogP contribution >= 0.6 is 0 Å². The van der Waals surface area contributed by atoms with Gasteiger partial charge in [0.05, 0.1) is 22.1 Å². The Bertz CT molecular complexity index is 2930. The molecule has 7 aromatic carbocycles. The summed E-state index contributed by atoms with van der Waals surface area (Å²) in [7, 11) is 0. The first-order valence-corrected chi connectivity index (χ1v) is 17.7. The minimum absolute atomic E-state index is 0.871. The summed E-state index contributed by atoms with van der Waals surface area (Å²) in [5.74, 6) is 1.07. The Balaban J connectivity index is 1.01. The lowest BCUT2D eigenvalue weighted by Crippen LogP contribution is -1.99. The molecule has 0 spiro atoms. The van der Waals surface area contributed by atoms with Crippen LogP contribution in [0.5, 0.6) is 0 Å². The van der Waals surface area contributed by atoms with E-state index in [-0.39, 0.29) is 0 Å². The average Bonchev–Trinajstić information content (AvgIpc) is 3.86. The van der Waals surface area contributed by atoms with Crippen LogP contribution < -0.4 is 0 Å². The van der Waals surface area contributed by atoms with E-state index in [0.29, 0.717) is 0 Å². The van der Waals surface area contributed by atoms with Gasteiger partial charge in [-0.15, -0.1) is 0 Å². The van der Waals surface area contributed by atoms with Crippen LogP contribution in [-0.4, -0.2) is 9.13 Å². The van der Waals surface area contributed by atoms with E-state index in [1.54, 1.807) is 0 Å². The molecule has 0 bridgehead atoms. The molecule has 0 fully saturated rings. The molecule has 10 aromatic rings. The molecule has 0 atom stereocenters. The molecule has 0 amide bonds. The highest BCUT2D eigenvalue weighted by Gasteiger charge is 2.22. The summed E-state index contributed by atoms with van der Waals surface area (Å²) in [5, 5.41) is 6.26. The van der Waals surface area contributed by atoms with E-state index in [1.165, 1.54) is 71.4 Å². The van der Waals surface area contributed by atoms with Crippen molar-refractivity contribution in [3.05, 3.63) is 181 Å². The van der Waals surface area contributed by atoms with Gasteiger partial charge in [-0.3, -0.25) is 0 Å². The second-order valence-corrected chi connectivity index (χ2v) is 13.6. The van der Waals surface area contributed by atoms with Gasteiger partial charge < -0.3 is 13.6 Å². The molecule has 0 N–H and O–H groups in total. The van der Waals surface area contributed by atoms with Crippen LogP contribution in [0.3, 0.4) is 0 Å². The largest absolute Gasteiger partial charge is 0.460 e. The van der Waals surface area contributed by atoms with Crippen LogP contribution in [0.1, 0.15) is 23.3 Å². The first kappa shape index (κ1) is 28.3. The van der Waals surface area contributed by atoms with Gasteiger partial charge in [0.25, 0.3) is 0 Å². The van der Waals surface area contributed by atoms with Gasteiger partial charge in [-0.05, 0) is 77.7 Å². The van der Waals surface area contributed by atoms with Crippen LogP contribution in [0, 0.1) is 0 Å². The Morgan fingerprint density at radius 2 is 0.882 bits per heavy atom. The van der Waals surface area contributed by atoms with Crippen molar-refractivity contribution in [2.24, 2.45) is 0 Å². The van der Waals surface area contributed by atoms with Crippen molar-refractivity contribution >= 4 is 66.2 Å². The SMILES string of the molecule is C1=C(c2cccc(-n3c4ccccc4c4ccccc43)c2)CCc2oc3c(-c4cccc(-n5c6ccccc6c6ccccc65)c4)cccc3c21. The highest BCUT2D eigenvalue weighted by molar-refractivity contribution is 6.10. The minimum atomic E-state index is 0.871. The lowest BCUT2D eigenvalue weighted by atomic mass is 9.91. The lowest BCUT2D eigenvalue weighted by Gasteiger charge is -2.15. The second-order valence-electron chi connectivity index (χ2n) is 13.6. The zero-order valence-electron chi connectivity index (χ0n) is 27.9. The first-order valence-electron chi connectivity index (χ1n) is 17.7. The zero-order valence-corrected chi connectivity index (χ0v) is 27.9. The summed E-state index contributed by atoms with van der Waals surface area (Å²) in [6.07, 6.45) is 4.17. The lowest BCUT2D eigenvalue weighted by molar-refractivity contribution is 0.548. The molecular weight excluding hydrogens is 621 g/mol. The molecule has 0 unspecified atom stereocenters. The van der Waals surface area contributed by atoms with Gasteiger partial charge in [0.1, 0.15) is 11.3 Å².